The predicted molar refractivity (Wildman–Crippen MR) is 117 cm³/mol. The van der Waals surface area contributed by atoms with E-state index in [9.17, 15) is 0 Å². The molecule has 4 nitrogen and oxygen atoms in total. The van der Waals surface area contributed by atoms with Gasteiger partial charge in [-0.15, -0.1) is 0 Å². The van der Waals surface area contributed by atoms with Crippen molar-refractivity contribution in [1.29, 1.82) is 0 Å². The summed E-state index contributed by atoms with van der Waals surface area (Å²) in [4.78, 5) is 8.69. The zero-order valence-electron chi connectivity index (χ0n) is 16.5. The van der Waals surface area contributed by atoms with E-state index in [-0.39, 0.29) is 5.41 Å². The molecule has 0 atom stereocenters. The van der Waals surface area contributed by atoms with Gasteiger partial charge in [-0.3, -0.25) is 10.4 Å². The molecular formula is C24H24N4. The molecule has 0 aliphatic heterocycles. The summed E-state index contributed by atoms with van der Waals surface area (Å²) in [6, 6.07) is 18.6. The van der Waals surface area contributed by atoms with Gasteiger partial charge in [0.15, 0.2) is 0 Å². The third-order valence-electron chi connectivity index (χ3n) is 5.58. The molecule has 4 heteroatoms. The fraction of sp³-hybridized carbons (Fsp3) is 0.250. The van der Waals surface area contributed by atoms with Crippen molar-refractivity contribution < 1.29 is 0 Å². The zero-order valence-corrected chi connectivity index (χ0v) is 16.5. The van der Waals surface area contributed by atoms with Crippen LogP contribution in [0.25, 0.3) is 21.8 Å². The lowest BCUT2D eigenvalue weighted by Crippen LogP contribution is -2.29. The van der Waals surface area contributed by atoms with Crippen molar-refractivity contribution in [3.05, 3.63) is 71.5 Å². The highest BCUT2D eigenvalue weighted by Gasteiger charge is 2.33. The van der Waals surface area contributed by atoms with Crippen molar-refractivity contribution in [3.63, 3.8) is 0 Å². The molecule has 0 amide bonds. The first-order valence-electron chi connectivity index (χ1n) is 9.80. The van der Waals surface area contributed by atoms with E-state index in [0.29, 0.717) is 0 Å². The number of pyridine rings is 1. The highest BCUT2D eigenvalue weighted by Crippen LogP contribution is 2.39. The maximum absolute atomic E-state index is 5.04. The van der Waals surface area contributed by atoms with Crippen LogP contribution >= 0.6 is 0 Å². The minimum absolute atomic E-state index is 0.128. The van der Waals surface area contributed by atoms with Crippen molar-refractivity contribution in [1.82, 2.24) is 9.97 Å². The predicted octanol–water partition coefficient (Wildman–Crippen LogP) is 5.81. The van der Waals surface area contributed by atoms with Gasteiger partial charge in [0.25, 0.3) is 0 Å². The largest absolute Gasteiger partial charge is 0.354 e. The lowest BCUT2D eigenvalue weighted by atomic mass is 9.74. The Morgan fingerprint density at radius 2 is 1.75 bits per heavy atom. The van der Waals surface area contributed by atoms with E-state index in [1.54, 1.807) is 0 Å². The number of aryl methyl sites for hydroxylation is 1. The van der Waals surface area contributed by atoms with Crippen LogP contribution in [0.3, 0.4) is 0 Å². The van der Waals surface area contributed by atoms with Gasteiger partial charge in [0, 0.05) is 27.5 Å². The minimum Gasteiger partial charge on any atom is -0.354 e. The molecule has 1 aliphatic rings. The normalized spacial score (nSPS) is 17.2. The second kappa shape index (κ2) is 6.20. The number of rotatable bonds is 2. The molecular weight excluding hydrogens is 344 g/mol. The van der Waals surface area contributed by atoms with Gasteiger partial charge >= 0.3 is 0 Å². The molecule has 0 saturated heterocycles. The number of nitrogens with one attached hydrogen (secondary N) is 2. The SMILES string of the molecule is Cc1nc2c(c3[nH]c4ccccc4c13)/C(=N/Nc1ccccc1)CC(C)(C)C2. The van der Waals surface area contributed by atoms with E-state index < -0.39 is 0 Å². The molecule has 2 heterocycles. The Kier molecular flexibility index (Phi) is 3.76. The third kappa shape index (κ3) is 2.76. The highest BCUT2D eigenvalue weighted by molar-refractivity contribution is 6.18. The second-order valence-electron chi connectivity index (χ2n) is 8.49. The number of benzene rings is 2. The molecule has 0 saturated carbocycles. The number of hydrogen-bond donors (Lipinski definition) is 2. The van der Waals surface area contributed by atoms with E-state index in [0.717, 1.165) is 46.7 Å². The average Bonchev–Trinajstić information content (AvgIpc) is 3.05. The van der Waals surface area contributed by atoms with Crippen LogP contribution in [-0.4, -0.2) is 15.7 Å². The van der Waals surface area contributed by atoms with Crippen molar-refractivity contribution >= 4 is 33.2 Å². The van der Waals surface area contributed by atoms with E-state index in [1.165, 1.54) is 16.3 Å². The standard InChI is InChI=1S/C24H24N4/c1-15-21-17-11-7-8-12-18(17)26-23(21)22-19(25-15)13-24(2,3)14-20(22)28-27-16-9-5-4-6-10-16/h4-12,26-27H,13-14H2,1-3H3/b28-20+. The molecule has 0 bridgehead atoms. The van der Waals surface area contributed by atoms with Gasteiger partial charge in [-0.25, -0.2) is 0 Å². The van der Waals surface area contributed by atoms with E-state index >= 15 is 0 Å². The molecule has 0 radical (unpaired) electrons. The van der Waals surface area contributed by atoms with E-state index in [4.69, 9.17) is 10.1 Å². The number of aromatic amines is 1. The summed E-state index contributed by atoms with van der Waals surface area (Å²) in [6.07, 6.45) is 1.87. The fourth-order valence-electron chi connectivity index (χ4n) is 4.40. The number of fused-ring (bicyclic) bond motifs is 5. The van der Waals surface area contributed by atoms with Gasteiger partial charge in [0.2, 0.25) is 0 Å². The molecule has 0 unspecified atom stereocenters. The molecule has 2 aromatic heterocycles. The Balaban J connectivity index is 1.75. The molecule has 1 aliphatic carbocycles. The van der Waals surface area contributed by atoms with Gasteiger partial charge in [0.1, 0.15) is 0 Å². The molecule has 0 fully saturated rings. The van der Waals surface area contributed by atoms with Crippen LogP contribution < -0.4 is 5.43 Å². The molecule has 4 aromatic rings. The Labute approximate surface area is 164 Å². The average molecular weight is 368 g/mol. The smallest absolute Gasteiger partial charge is 0.0724 e. The van der Waals surface area contributed by atoms with Crippen LogP contribution in [0.15, 0.2) is 59.7 Å². The highest BCUT2D eigenvalue weighted by atomic mass is 15.3. The zero-order chi connectivity index (χ0) is 19.3. The van der Waals surface area contributed by atoms with E-state index in [1.807, 2.05) is 30.3 Å². The van der Waals surface area contributed by atoms with Crippen LogP contribution in [-0.2, 0) is 6.42 Å². The van der Waals surface area contributed by atoms with Crippen LogP contribution in [0.5, 0.6) is 0 Å². The number of hydrogen-bond acceptors (Lipinski definition) is 3. The molecule has 2 aromatic carbocycles. The van der Waals surface area contributed by atoms with E-state index in [2.05, 4.69) is 55.4 Å². The Bertz CT molecular complexity index is 1220. The summed E-state index contributed by atoms with van der Waals surface area (Å²) in [5.41, 5.74) is 11.1. The number of anilines is 1. The van der Waals surface area contributed by atoms with Gasteiger partial charge in [-0.2, -0.15) is 5.10 Å². The van der Waals surface area contributed by atoms with Crippen molar-refractivity contribution in [3.8, 4) is 0 Å². The van der Waals surface area contributed by atoms with Crippen molar-refractivity contribution in [2.24, 2.45) is 10.5 Å². The fourth-order valence-corrected chi connectivity index (χ4v) is 4.40. The lowest BCUT2D eigenvalue weighted by molar-refractivity contribution is 0.368. The number of aromatic nitrogens is 2. The summed E-state index contributed by atoms with van der Waals surface area (Å²) < 4.78 is 0. The van der Waals surface area contributed by atoms with Crippen LogP contribution in [0.1, 0.15) is 37.2 Å². The Morgan fingerprint density at radius 3 is 2.57 bits per heavy atom. The molecule has 0 spiro atoms. The van der Waals surface area contributed by atoms with Gasteiger partial charge < -0.3 is 4.98 Å². The minimum atomic E-state index is 0.128. The monoisotopic (exact) mass is 368 g/mol. The maximum atomic E-state index is 5.04. The molecule has 5 rings (SSSR count). The molecule has 28 heavy (non-hydrogen) atoms. The second-order valence-corrected chi connectivity index (χ2v) is 8.49. The summed E-state index contributed by atoms with van der Waals surface area (Å²) in [5, 5.41) is 7.28. The summed E-state index contributed by atoms with van der Waals surface area (Å²) >= 11 is 0. The van der Waals surface area contributed by atoms with Crippen LogP contribution in [0, 0.1) is 12.3 Å². The third-order valence-corrected chi connectivity index (χ3v) is 5.58. The molecule has 140 valence electrons. The first-order valence-corrected chi connectivity index (χ1v) is 9.80. The first kappa shape index (κ1) is 17.0. The topological polar surface area (TPSA) is 53.1 Å². The number of para-hydroxylation sites is 2. The Morgan fingerprint density at radius 1 is 1.00 bits per heavy atom. The van der Waals surface area contributed by atoms with Crippen LogP contribution in [0.4, 0.5) is 5.69 Å². The summed E-state index contributed by atoms with van der Waals surface area (Å²) in [7, 11) is 0. The quantitative estimate of drug-likeness (QED) is 0.438. The maximum Gasteiger partial charge on any atom is 0.0724 e. The summed E-state index contributed by atoms with van der Waals surface area (Å²) in [6.45, 7) is 6.70. The van der Waals surface area contributed by atoms with Gasteiger partial charge in [-0.1, -0.05) is 50.2 Å². The number of nitrogens with zero attached hydrogens (tertiary/aromatic N) is 2. The summed E-state index contributed by atoms with van der Waals surface area (Å²) in [5.74, 6) is 0. The number of H-pyrrole nitrogens is 1. The number of hydrazone groups is 1. The van der Waals surface area contributed by atoms with Crippen molar-refractivity contribution in [2.75, 3.05) is 5.43 Å². The first-order chi connectivity index (χ1) is 13.5. The molecule has 2 N–H and O–H groups in total. The van der Waals surface area contributed by atoms with Crippen molar-refractivity contribution in [2.45, 2.75) is 33.6 Å². The van der Waals surface area contributed by atoms with Gasteiger partial charge in [0.05, 0.1) is 22.6 Å². The Hall–Kier alpha value is -3.14. The lowest BCUT2D eigenvalue weighted by Gasteiger charge is -2.32. The van der Waals surface area contributed by atoms with Gasteiger partial charge in [-0.05, 0) is 43.4 Å². The van der Waals surface area contributed by atoms with Crippen LogP contribution in [0.2, 0.25) is 0 Å².